The molecular formula is C4H7O4. The fourth-order valence-electron chi connectivity index (χ4n) is 0.182. The van der Waals surface area contributed by atoms with Crippen LogP contribution in [-0.2, 0) is 14.9 Å². The van der Waals surface area contributed by atoms with Crippen LogP contribution in [0.2, 0.25) is 0 Å². The minimum absolute atomic E-state index is 0.458. The van der Waals surface area contributed by atoms with Crippen molar-refractivity contribution < 1.29 is 20.0 Å². The summed E-state index contributed by atoms with van der Waals surface area (Å²) < 4.78 is 0. The van der Waals surface area contributed by atoms with Crippen LogP contribution in [0.1, 0.15) is 6.92 Å². The van der Waals surface area contributed by atoms with E-state index in [4.69, 9.17) is 5.11 Å². The first kappa shape index (κ1) is 7.55. The second-order valence-electron chi connectivity index (χ2n) is 1.41. The molecule has 0 spiro atoms. The molecule has 0 aromatic rings. The van der Waals surface area contributed by atoms with Crippen molar-refractivity contribution in [1.29, 1.82) is 0 Å². The van der Waals surface area contributed by atoms with Gasteiger partial charge in [0.2, 0.25) is 0 Å². The van der Waals surface area contributed by atoms with Crippen LogP contribution in [-0.4, -0.2) is 23.6 Å². The first-order chi connectivity index (χ1) is 3.68. The normalized spacial score (nSPS) is 13.4. The average molecular weight is 119 g/mol. The lowest BCUT2D eigenvalue weighted by molar-refractivity contribution is -0.312. The van der Waals surface area contributed by atoms with Crippen molar-refractivity contribution in [2.75, 3.05) is 6.61 Å². The fraction of sp³-hybridized carbons (Fsp3) is 0.750. The molecule has 1 atom stereocenters. The van der Waals surface area contributed by atoms with E-state index in [1.54, 1.807) is 0 Å². The van der Waals surface area contributed by atoms with E-state index in [1.165, 1.54) is 6.92 Å². The van der Waals surface area contributed by atoms with Gasteiger partial charge in [-0.25, -0.2) is 4.89 Å². The maximum absolute atomic E-state index is 10.1. The molecule has 8 heavy (non-hydrogen) atoms. The van der Waals surface area contributed by atoms with E-state index in [2.05, 4.69) is 4.89 Å². The Morgan fingerprint density at radius 3 is 2.50 bits per heavy atom. The lowest BCUT2D eigenvalue weighted by Gasteiger charge is -1.99. The first-order valence-corrected chi connectivity index (χ1v) is 2.11. The second kappa shape index (κ2) is 3.54. The molecule has 0 aromatic carbocycles. The standard InChI is InChI=1S/C4H7O4/c1-3(5)4(6)2-8-7/h4,6H,2H2,1H3. The topological polar surface area (TPSA) is 66.4 Å². The van der Waals surface area contributed by atoms with Crippen LogP contribution in [0.5, 0.6) is 0 Å². The third-order valence-corrected chi connectivity index (χ3v) is 0.695. The monoisotopic (exact) mass is 119 g/mol. The van der Waals surface area contributed by atoms with Gasteiger partial charge in [-0.2, -0.15) is 0 Å². The van der Waals surface area contributed by atoms with Crippen LogP contribution in [0.3, 0.4) is 0 Å². The molecule has 0 amide bonds. The molecule has 0 aliphatic carbocycles. The van der Waals surface area contributed by atoms with Crippen LogP contribution >= 0.6 is 0 Å². The number of hydrogen-bond acceptors (Lipinski definition) is 3. The lowest BCUT2D eigenvalue weighted by atomic mass is 10.3. The molecular weight excluding hydrogens is 112 g/mol. The van der Waals surface area contributed by atoms with Crippen LogP contribution in [0.25, 0.3) is 0 Å². The van der Waals surface area contributed by atoms with E-state index >= 15 is 0 Å². The van der Waals surface area contributed by atoms with Crippen LogP contribution in [0.15, 0.2) is 0 Å². The highest BCUT2D eigenvalue weighted by molar-refractivity contribution is 5.80. The highest BCUT2D eigenvalue weighted by Crippen LogP contribution is 1.83. The van der Waals surface area contributed by atoms with Crippen LogP contribution in [0, 0.1) is 0 Å². The number of carbonyl (C=O) groups is 1. The molecule has 1 unspecified atom stereocenters. The summed E-state index contributed by atoms with van der Waals surface area (Å²) in [6, 6.07) is 0. The Morgan fingerprint density at radius 2 is 2.38 bits per heavy atom. The van der Waals surface area contributed by atoms with Gasteiger partial charge in [0, 0.05) is 0 Å². The molecule has 0 heterocycles. The Kier molecular flexibility index (Phi) is 3.34. The zero-order chi connectivity index (χ0) is 6.57. The van der Waals surface area contributed by atoms with Gasteiger partial charge in [0.15, 0.2) is 5.78 Å². The second-order valence-corrected chi connectivity index (χ2v) is 1.41. The quantitative estimate of drug-likeness (QED) is 0.394. The molecule has 4 heteroatoms. The summed E-state index contributed by atoms with van der Waals surface area (Å²) in [4.78, 5) is 13.3. The molecule has 1 radical (unpaired) electrons. The third-order valence-electron chi connectivity index (χ3n) is 0.695. The van der Waals surface area contributed by atoms with Crippen molar-refractivity contribution in [2.45, 2.75) is 13.0 Å². The maximum atomic E-state index is 10.1. The Morgan fingerprint density at radius 1 is 1.88 bits per heavy atom. The summed E-state index contributed by atoms with van der Waals surface area (Å²) in [7, 11) is 0. The van der Waals surface area contributed by atoms with Gasteiger partial charge in [-0.3, -0.25) is 4.79 Å². The molecule has 0 aliphatic rings. The van der Waals surface area contributed by atoms with E-state index in [9.17, 15) is 10.1 Å². The summed E-state index contributed by atoms with van der Waals surface area (Å²) in [5.41, 5.74) is 0. The summed E-state index contributed by atoms with van der Waals surface area (Å²) in [6.07, 6.45) is -1.26. The van der Waals surface area contributed by atoms with Crippen molar-refractivity contribution in [1.82, 2.24) is 0 Å². The molecule has 47 valence electrons. The van der Waals surface area contributed by atoms with Gasteiger partial charge < -0.3 is 5.11 Å². The van der Waals surface area contributed by atoms with Gasteiger partial charge in [0.05, 0.1) is 0 Å². The largest absolute Gasteiger partial charge is 0.383 e. The number of hydrogen-bond donors (Lipinski definition) is 1. The van der Waals surface area contributed by atoms with E-state index in [1.807, 2.05) is 0 Å². The molecule has 0 bridgehead atoms. The summed E-state index contributed by atoms with van der Waals surface area (Å²) in [5, 5.41) is 17.7. The highest BCUT2D eigenvalue weighted by Gasteiger charge is 2.08. The van der Waals surface area contributed by atoms with Gasteiger partial charge >= 0.3 is 0 Å². The number of aliphatic hydroxyl groups excluding tert-OH is 1. The van der Waals surface area contributed by atoms with E-state index in [-0.39, 0.29) is 0 Å². The number of ketones is 1. The minimum atomic E-state index is -1.26. The molecule has 0 aliphatic heterocycles. The Labute approximate surface area is 46.6 Å². The van der Waals surface area contributed by atoms with Gasteiger partial charge in [-0.05, 0) is 12.2 Å². The molecule has 0 rings (SSSR count). The third kappa shape index (κ3) is 2.68. The molecule has 0 saturated heterocycles. The minimum Gasteiger partial charge on any atom is -0.383 e. The van der Waals surface area contributed by atoms with Crippen molar-refractivity contribution in [3.05, 3.63) is 0 Å². The summed E-state index contributed by atoms with van der Waals surface area (Å²) in [6.45, 7) is 0.721. The number of carbonyl (C=O) groups excluding carboxylic acids is 1. The fourth-order valence-corrected chi connectivity index (χ4v) is 0.182. The molecule has 4 nitrogen and oxygen atoms in total. The van der Waals surface area contributed by atoms with Gasteiger partial charge in [0.25, 0.3) is 0 Å². The average Bonchev–Trinajstić information content (AvgIpc) is 1.67. The van der Waals surface area contributed by atoms with Gasteiger partial charge in [-0.1, -0.05) is 0 Å². The molecule has 0 fully saturated rings. The smallest absolute Gasteiger partial charge is 0.160 e. The van der Waals surface area contributed by atoms with Crippen molar-refractivity contribution in [3.63, 3.8) is 0 Å². The zero-order valence-electron chi connectivity index (χ0n) is 4.46. The maximum Gasteiger partial charge on any atom is 0.160 e. The van der Waals surface area contributed by atoms with Crippen LogP contribution < -0.4 is 0 Å². The van der Waals surface area contributed by atoms with E-state index < -0.39 is 18.5 Å². The predicted molar refractivity (Wildman–Crippen MR) is 23.3 cm³/mol. The van der Waals surface area contributed by atoms with Crippen LogP contribution in [0.4, 0.5) is 0 Å². The van der Waals surface area contributed by atoms with Crippen molar-refractivity contribution in [2.24, 2.45) is 0 Å². The number of aliphatic hydroxyl groups is 1. The Balaban J connectivity index is 3.32. The molecule has 0 aromatic heterocycles. The SMILES string of the molecule is CC(=O)C(O)CO[O]. The van der Waals surface area contributed by atoms with E-state index in [0.29, 0.717) is 0 Å². The van der Waals surface area contributed by atoms with E-state index in [0.717, 1.165) is 0 Å². The molecule has 1 N–H and O–H groups in total. The highest BCUT2D eigenvalue weighted by atomic mass is 17.1. The molecule has 0 saturated carbocycles. The van der Waals surface area contributed by atoms with Crippen molar-refractivity contribution in [3.8, 4) is 0 Å². The zero-order valence-corrected chi connectivity index (χ0v) is 4.46. The number of rotatable bonds is 3. The van der Waals surface area contributed by atoms with Crippen molar-refractivity contribution >= 4 is 5.78 Å². The predicted octanol–water partition coefficient (Wildman–Crippen LogP) is -0.702. The Hall–Kier alpha value is -0.450. The first-order valence-electron chi connectivity index (χ1n) is 2.11. The summed E-state index contributed by atoms with van der Waals surface area (Å²) in [5.74, 6) is -0.458. The Bertz CT molecular complexity index is 80.1. The van der Waals surface area contributed by atoms with Gasteiger partial charge in [0.1, 0.15) is 12.7 Å². The number of Topliss-reactive ketones (excluding diaryl/α,β-unsaturated/α-hetero) is 1. The lowest BCUT2D eigenvalue weighted by Crippen LogP contribution is -2.22. The summed E-state index contributed by atoms with van der Waals surface area (Å²) >= 11 is 0. The van der Waals surface area contributed by atoms with Gasteiger partial charge in [-0.15, -0.1) is 0 Å².